The molecule has 6 heteroatoms. The summed E-state index contributed by atoms with van der Waals surface area (Å²) in [5, 5.41) is 11.9. The van der Waals surface area contributed by atoms with Crippen molar-refractivity contribution in [3.63, 3.8) is 0 Å². The van der Waals surface area contributed by atoms with Crippen LogP contribution in [-0.2, 0) is 14.3 Å². The van der Waals surface area contributed by atoms with E-state index >= 15 is 0 Å². The first-order valence-electron chi connectivity index (χ1n) is 7.34. The van der Waals surface area contributed by atoms with Crippen LogP contribution in [0.3, 0.4) is 0 Å². The Bertz CT molecular complexity index is 565. The third-order valence-corrected chi connectivity index (χ3v) is 3.85. The average Bonchev–Trinajstić information content (AvgIpc) is 2.53. The molecule has 5 nitrogen and oxygen atoms in total. The highest BCUT2D eigenvalue weighted by molar-refractivity contribution is 6.32. The van der Waals surface area contributed by atoms with Crippen molar-refractivity contribution >= 4 is 23.2 Å². The largest absolute Gasteiger partial charge is 0.376 e. The minimum Gasteiger partial charge on any atom is -0.376 e. The van der Waals surface area contributed by atoms with Gasteiger partial charge in [-0.1, -0.05) is 11.6 Å². The van der Waals surface area contributed by atoms with Crippen molar-refractivity contribution in [2.75, 3.05) is 18.5 Å². The fourth-order valence-electron chi connectivity index (χ4n) is 2.19. The van der Waals surface area contributed by atoms with Crippen molar-refractivity contribution in [3.8, 4) is 6.07 Å². The summed E-state index contributed by atoms with van der Waals surface area (Å²) in [6.07, 6.45) is 2.69. The first kappa shape index (κ1) is 16.8. The zero-order valence-corrected chi connectivity index (χ0v) is 13.2. The molecule has 2 unspecified atom stereocenters. The van der Waals surface area contributed by atoms with Crippen molar-refractivity contribution < 1.29 is 14.3 Å². The van der Waals surface area contributed by atoms with Crippen LogP contribution in [0, 0.1) is 11.3 Å². The van der Waals surface area contributed by atoms with E-state index in [0.717, 1.165) is 25.9 Å². The van der Waals surface area contributed by atoms with Gasteiger partial charge in [0, 0.05) is 12.3 Å². The molecule has 0 saturated carbocycles. The van der Waals surface area contributed by atoms with Gasteiger partial charge in [0.25, 0.3) is 5.91 Å². The highest BCUT2D eigenvalue weighted by Gasteiger charge is 2.19. The lowest BCUT2D eigenvalue weighted by Crippen LogP contribution is -2.32. The van der Waals surface area contributed by atoms with Gasteiger partial charge in [-0.3, -0.25) is 4.79 Å². The van der Waals surface area contributed by atoms with Gasteiger partial charge in [0.15, 0.2) is 0 Å². The number of carbonyl (C=O) groups excluding carboxylic acids is 1. The molecule has 0 radical (unpaired) electrons. The van der Waals surface area contributed by atoms with Gasteiger partial charge in [-0.25, -0.2) is 0 Å². The van der Waals surface area contributed by atoms with E-state index in [9.17, 15) is 4.79 Å². The summed E-state index contributed by atoms with van der Waals surface area (Å²) in [6.45, 7) is 2.88. The molecule has 2 atom stereocenters. The molecule has 0 bridgehead atoms. The maximum Gasteiger partial charge on any atom is 0.253 e. The molecule has 1 aromatic rings. The van der Waals surface area contributed by atoms with E-state index in [0.29, 0.717) is 22.9 Å². The Morgan fingerprint density at radius 3 is 3.05 bits per heavy atom. The molecule has 1 saturated heterocycles. The van der Waals surface area contributed by atoms with Crippen LogP contribution in [0.4, 0.5) is 5.69 Å². The van der Waals surface area contributed by atoms with Gasteiger partial charge in [-0.2, -0.15) is 5.26 Å². The molecule has 118 valence electrons. The van der Waals surface area contributed by atoms with E-state index in [1.54, 1.807) is 25.1 Å². The minimum atomic E-state index is -0.583. The summed E-state index contributed by atoms with van der Waals surface area (Å²) >= 11 is 5.93. The summed E-state index contributed by atoms with van der Waals surface area (Å²) in [7, 11) is 0. The topological polar surface area (TPSA) is 71.3 Å². The number of anilines is 1. The molecule has 0 aliphatic carbocycles. The lowest BCUT2D eigenvalue weighted by molar-refractivity contribution is -0.130. The molecule has 1 N–H and O–H groups in total. The van der Waals surface area contributed by atoms with Gasteiger partial charge < -0.3 is 14.8 Å². The predicted octanol–water partition coefficient (Wildman–Crippen LogP) is 3.12. The van der Waals surface area contributed by atoms with Gasteiger partial charge in [-0.15, -0.1) is 0 Å². The molecule has 1 fully saturated rings. The van der Waals surface area contributed by atoms with Crippen LogP contribution in [0.1, 0.15) is 31.7 Å². The SMILES string of the molecule is CC(OCC1CCCCO1)C(=O)Nc1ccc(C#N)c(Cl)c1. The number of nitrogens with zero attached hydrogens (tertiary/aromatic N) is 1. The Morgan fingerprint density at radius 1 is 1.59 bits per heavy atom. The summed E-state index contributed by atoms with van der Waals surface area (Å²) in [5.41, 5.74) is 0.914. The van der Waals surface area contributed by atoms with Crippen LogP contribution >= 0.6 is 11.6 Å². The van der Waals surface area contributed by atoms with E-state index in [2.05, 4.69) is 5.32 Å². The van der Waals surface area contributed by atoms with Gasteiger partial charge in [0.05, 0.1) is 23.3 Å². The van der Waals surface area contributed by atoms with Crippen LogP contribution in [0.25, 0.3) is 0 Å². The Labute approximate surface area is 135 Å². The quantitative estimate of drug-likeness (QED) is 0.904. The number of carbonyl (C=O) groups is 1. The standard InChI is InChI=1S/C16H19ClN2O3/c1-11(22-10-14-4-2-3-7-21-14)16(20)19-13-6-5-12(9-18)15(17)8-13/h5-6,8,11,14H,2-4,7,10H2,1H3,(H,19,20). The maximum absolute atomic E-state index is 12.1. The molecule has 1 aromatic carbocycles. The monoisotopic (exact) mass is 322 g/mol. The first-order chi connectivity index (χ1) is 10.6. The predicted molar refractivity (Wildman–Crippen MR) is 83.8 cm³/mol. The first-order valence-corrected chi connectivity index (χ1v) is 7.71. The molecule has 1 amide bonds. The van der Waals surface area contributed by atoms with E-state index in [1.807, 2.05) is 6.07 Å². The van der Waals surface area contributed by atoms with Crippen LogP contribution < -0.4 is 5.32 Å². The van der Waals surface area contributed by atoms with Crippen molar-refractivity contribution in [1.29, 1.82) is 5.26 Å². The van der Waals surface area contributed by atoms with Gasteiger partial charge in [0.1, 0.15) is 12.2 Å². The average molecular weight is 323 g/mol. The van der Waals surface area contributed by atoms with Crippen molar-refractivity contribution in [2.45, 2.75) is 38.4 Å². The third-order valence-electron chi connectivity index (χ3n) is 3.53. The number of benzene rings is 1. The maximum atomic E-state index is 12.1. The van der Waals surface area contributed by atoms with Crippen molar-refractivity contribution in [1.82, 2.24) is 0 Å². The lowest BCUT2D eigenvalue weighted by Gasteiger charge is -2.23. The normalized spacial score (nSPS) is 19.2. The highest BCUT2D eigenvalue weighted by atomic mass is 35.5. The summed E-state index contributed by atoms with van der Waals surface area (Å²) < 4.78 is 11.1. The number of nitriles is 1. The Kier molecular flexibility index (Phi) is 6.20. The van der Waals surface area contributed by atoms with Crippen molar-refractivity contribution in [3.05, 3.63) is 28.8 Å². The number of nitrogens with one attached hydrogen (secondary N) is 1. The smallest absolute Gasteiger partial charge is 0.253 e. The molecule has 0 spiro atoms. The Balaban J connectivity index is 1.83. The molecule has 0 aromatic heterocycles. The van der Waals surface area contributed by atoms with E-state index in [-0.39, 0.29) is 12.0 Å². The number of ether oxygens (including phenoxy) is 2. The molecule has 1 aliphatic heterocycles. The van der Waals surface area contributed by atoms with E-state index < -0.39 is 6.10 Å². The fraction of sp³-hybridized carbons (Fsp3) is 0.500. The molecular formula is C16H19ClN2O3. The lowest BCUT2D eigenvalue weighted by atomic mass is 10.1. The second kappa shape index (κ2) is 8.14. The molecule has 2 rings (SSSR count). The van der Waals surface area contributed by atoms with E-state index in [1.165, 1.54) is 0 Å². The van der Waals surface area contributed by atoms with Gasteiger partial charge in [0.2, 0.25) is 0 Å². The van der Waals surface area contributed by atoms with E-state index in [4.69, 9.17) is 26.3 Å². The van der Waals surface area contributed by atoms with Gasteiger partial charge in [-0.05, 0) is 44.4 Å². The zero-order chi connectivity index (χ0) is 15.9. The number of hydrogen-bond acceptors (Lipinski definition) is 4. The summed E-state index contributed by atoms with van der Waals surface area (Å²) in [4.78, 5) is 12.1. The number of hydrogen-bond donors (Lipinski definition) is 1. The molecular weight excluding hydrogens is 304 g/mol. The van der Waals surface area contributed by atoms with Crippen LogP contribution in [-0.4, -0.2) is 31.3 Å². The van der Waals surface area contributed by atoms with Crippen LogP contribution in [0.15, 0.2) is 18.2 Å². The molecule has 1 heterocycles. The van der Waals surface area contributed by atoms with Crippen molar-refractivity contribution in [2.24, 2.45) is 0 Å². The van der Waals surface area contributed by atoms with Gasteiger partial charge >= 0.3 is 0 Å². The highest BCUT2D eigenvalue weighted by Crippen LogP contribution is 2.20. The van der Waals surface area contributed by atoms with Crippen LogP contribution in [0.5, 0.6) is 0 Å². The van der Waals surface area contributed by atoms with Crippen LogP contribution in [0.2, 0.25) is 5.02 Å². The summed E-state index contributed by atoms with van der Waals surface area (Å²) in [6, 6.07) is 6.73. The molecule has 22 heavy (non-hydrogen) atoms. The number of rotatable bonds is 5. The summed E-state index contributed by atoms with van der Waals surface area (Å²) in [5.74, 6) is -0.253. The Hall–Kier alpha value is -1.61. The number of halogens is 1. The fourth-order valence-corrected chi connectivity index (χ4v) is 2.42. The molecule has 1 aliphatic rings. The second-order valence-electron chi connectivity index (χ2n) is 5.26. The zero-order valence-electron chi connectivity index (χ0n) is 12.5. The number of amides is 1. The Morgan fingerprint density at radius 2 is 2.41 bits per heavy atom. The third kappa shape index (κ3) is 4.70. The minimum absolute atomic E-state index is 0.0772. The second-order valence-corrected chi connectivity index (χ2v) is 5.67.